The lowest BCUT2D eigenvalue weighted by molar-refractivity contribution is 0.0526. The molecule has 5 rings (SSSR count). The Morgan fingerprint density at radius 1 is 0.886 bits per heavy atom. The second-order valence-corrected chi connectivity index (χ2v) is 13.5. The van der Waals surface area contributed by atoms with E-state index in [2.05, 4.69) is 22.3 Å². The number of anilines is 1. The number of carbonyl (C=O) groups excluding carboxylic acids is 3. The monoisotopic (exact) mass is 640 g/mol. The minimum absolute atomic E-state index is 0.0518. The number of carbonyl (C=O) groups is 3. The molecular weight excluding hydrogens is 604 g/mol. The van der Waals surface area contributed by atoms with Crippen LogP contribution in [0, 0.1) is 0 Å². The van der Waals surface area contributed by atoms with Crippen LogP contribution in [0.2, 0.25) is 0 Å². The second-order valence-electron chi connectivity index (χ2n) is 10.4. The van der Waals surface area contributed by atoms with Crippen molar-refractivity contribution in [2.24, 2.45) is 0 Å². The van der Waals surface area contributed by atoms with Gasteiger partial charge < -0.3 is 19.7 Å². The van der Waals surface area contributed by atoms with Crippen molar-refractivity contribution < 1.29 is 32.3 Å². The van der Waals surface area contributed by atoms with Crippen molar-refractivity contribution in [1.29, 1.82) is 0 Å². The minimum atomic E-state index is -3.82. The summed E-state index contributed by atoms with van der Waals surface area (Å²) in [5, 5.41) is 3.31. The molecular formula is C31H36N4O7S2. The topological polar surface area (TPSA) is 126 Å². The molecule has 1 saturated heterocycles. The van der Waals surface area contributed by atoms with Crippen LogP contribution in [0.3, 0.4) is 0 Å². The fraction of sp³-hybridized carbons (Fsp3) is 0.387. The molecule has 2 aliphatic rings. The van der Waals surface area contributed by atoms with E-state index in [-0.39, 0.29) is 49.9 Å². The van der Waals surface area contributed by atoms with E-state index < -0.39 is 28.0 Å². The van der Waals surface area contributed by atoms with E-state index in [9.17, 15) is 22.8 Å². The summed E-state index contributed by atoms with van der Waals surface area (Å²) in [6.07, 6.45) is 0.200. The maximum Gasteiger partial charge on any atom is 0.409 e. The zero-order valence-corrected chi connectivity index (χ0v) is 26.4. The Morgan fingerprint density at radius 2 is 1.57 bits per heavy atom. The van der Waals surface area contributed by atoms with Crippen molar-refractivity contribution in [3.63, 3.8) is 0 Å². The van der Waals surface area contributed by atoms with Gasteiger partial charge in [-0.1, -0.05) is 30.3 Å². The van der Waals surface area contributed by atoms with E-state index in [0.29, 0.717) is 23.5 Å². The summed E-state index contributed by atoms with van der Waals surface area (Å²) in [7, 11) is -3.82. The van der Waals surface area contributed by atoms with Gasteiger partial charge in [-0.2, -0.15) is 4.31 Å². The summed E-state index contributed by atoms with van der Waals surface area (Å²) >= 11 is 1.37. The van der Waals surface area contributed by atoms with E-state index >= 15 is 0 Å². The summed E-state index contributed by atoms with van der Waals surface area (Å²) in [4.78, 5) is 43.1. The molecule has 0 unspecified atom stereocenters. The Morgan fingerprint density at radius 3 is 2.23 bits per heavy atom. The number of nitrogens with zero attached hydrogens (tertiary/aromatic N) is 3. The molecule has 3 aromatic rings. The van der Waals surface area contributed by atoms with Crippen LogP contribution in [0.4, 0.5) is 9.80 Å². The van der Waals surface area contributed by atoms with Crippen molar-refractivity contribution in [1.82, 2.24) is 14.1 Å². The van der Waals surface area contributed by atoms with Gasteiger partial charge in [0, 0.05) is 56.3 Å². The zero-order chi connectivity index (χ0) is 31.3. The molecule has 1 aromatic heterocycles. The van der Waals surface area contributed by atoms with Gasteiger partial charge in [0.15, 0.2) is 0 Å². The van der Waals surface area contributed by atoms with Crippen LogP contribution in [0.5, 0.6) is 0 Å². The summed E-state index contributed by atoms with van der Waals surface area (Å²) in [6.45, 7) is 6.88. The summed E-state index contributed by atoms with van der Waals surface area (Å²) in [5.41, 5.74) is 2.75. The zero-order valence-electron chi connectivity index (χ0n) is 24.8. The lowest BCUT2D eigenvalue weighted by Crippen LogP contribution is -2.50. The first-order valence-electron chi connectivity index (χ1n) is 14.6. The van der Waals surface area contributed by atoms with E-state index in [0.717, 1.165) is 23.5 Å². The number of sulfonamides is 1. The van der Waals surface area contributed by atoms with E-state index in [1.807, 2.05) is 18.2 Å². The van der Waals surface area contributed by atoms with Gasteiger partial charge in [-0.25, -0.2) is 18.0 Å². The number of fused-ring (bicyclic) bond motifs is 1. The predicted molar refractivity (Wildman–Crippen MR) is 166 cm³/mol. The molecule has 44 heavy (non-hydrogen) atoms. The first kappa shape index (κ1) is 31.6. The highest BCUT2D eigenvalue weighted by molar-refractivity contribution is 7.89. The van der Waals surface area contributed by atoms with E-state index in [1.165, 1.54) is 50.4 Å². The molecule has 0 bridgehead atoms. The molecule has 1 fully saturated rings. The maximum atomic E-state index is 13.3. The number of ether oxygens (including phenoxy) is 2. The summed E-state index contributed by atoms with van der Waals surface area (Å²) < 4.78 is 38.1. The Balaban J connectivity index is 1.28. The number of piperazine rings is 1. The molecule has 0 atom stereocenters. The van der Waals surface area contributed by atoms with Crippen LogP contribution < -0.4 is 5.32 Å². The normalized spacial score (nSPS) is 15.8. The third-order valence-corrected chi connectivity index (χ3v) is 10.7. The first-order valence-corrected chi connectivity index (χ1v) is 16.9. The molecule has 2 aliphatic heterocycles. The van der Waals surface area contributed by atoms with Crippen LogP contribution in [-0.4, -0.2) is 86.4 Å². The molecule has 0 radical (unpaired) electrons. The summed E-state index contributed by atoms with van der Waals surface area (Å²) in [6, 6.07) is 15.9. The quantitative estimate of drug-likeness (QED) is 0.345. The third-order valence-electron chi connectivity index (χ3n) is 7.61. The summed E-state index contributed by atoms with van der Waals surface area (Å²) in [5.74, 6) is -0.927. The predicted octanol–water partition coefficient (Wildman–Crippen LogP) is 4.20. The van der Waals surface area contributed by atoms with Crippen LogP contribution in [0.1, 0.15) is 50.6 Å². The van der Waals surface area contributed by atoms with Crippen LogP contribution in [0.15, 0.2) is 59.5 Å². The highest BCUT2D eigenvalue weighted by atomic mass is 32.2. The number of rotatable bonds is 9. The minimum Gasteiger partial charge on any atom is -0.462 e. The van der Waals surface area contributed by atoms with Crippen molar-refractivity contribution >= 4 is 44.3 Å². The van der Waals surface area contributed by atoms with Crippen molar-refractivity contribution in [3.8, 4) is 0 Å². The van der Waals surface area contributed by atoms with Gasteiger partial charge in [-0.15, -0.1) is 11.3 Å². The Kier molecular flexibility index (Phi) is 9.99. The number of thiophene rings is 1. The van der Waals surface area contributed by atoms with Crippen LogP contribution in [-0.2, 0) is 39.0 Å². The number of benzene rings is 2. The largest absolute Gasteiger partial charge is 0.462 e. The average molecular weight is 641 g/mol. The number of esters is 1. The van der Waals surface area contributed by atoms with Gasteiger partial charge in [0.2, 0.25) is 10.0 Å². The lowest BCUT2D eigenvalue weighted by Gasteiger charge is -2.33. The van der Waals surface area contributed by atoms with Crippen LogP contribution in [0.25, 0.3) is 0 Å². The number of nitrogens with one attached hydrogen (secondary N) is 1. The lowest BCUT2D eigenvalue weighted by atomic mass is 10.0. The van der Waals surface area contributed by atoms with Gasteiger partial charge in [0.1, 0.15) is 5.00 Å². The first-order chi connectivity index (χ1) is 21.2. The smallest absolute Gasteiger partial charge is 0.409 e. The molecule has 13 heteroatoms. The van der Waals surface area contributed by atoms with Crippen LogP contribution >= 0.6 is 11.3 Å². The molecule has 11 nitrogen and oxygen atoms in total. The van der Waals surface area contributed by atoms with Gasteiger partial charge in [0.05, 0.1) is 23.7 Å². The molecule has 2 aromatic carbocycles. The second kappa shape index (κ2) is 13.9. The number of hydrogen-bond donors (Lipinski definition) is 1. The van der Waals surface area contributed by atoms with E-state index in [4.69, 9.17) is 9.47 Å². The fourth-order valence-electron chi connectivity index (χ4n) is 5.37. The van der Waals surface area contributed by atoms with Crippen molar-refractivity contribution in [2.45, 2.75) is 38.3 Å². The Bertz CT molecular complexity index is 1600. The van der Waals surface area contributed by atoms with E-state index in [1.54, 1.807) is 13.8 Å². The van der Waals surface area contributed by atoms with Gasteiger partial charge in [-0.3, -0.25) is 9.69 Å². The molecule has 1 N–H and O–H groups in total. The highest BCUT2D eigenvalue weighted by Crippen LogP contribution is 2.38. The highest BCUT2D eigenvalue weighted by Gasteiger charge is 2.32. The standard InChI is InChI=1S/C31H36N4O7S2/c1-3-41-30(37)27-25-14-15-33(20-22-8-6-5-7-9-22)21-26(25)43-29(27)32-28(36)23-10-12-24(13-11-23)44(39,40)35-18-16-34(17-19-35)31(38)42-4-2/h5-13H,3-4,14-21H2,1-2H3,(H,32,36). The molecule has 234 valence electrons. The molecule has 3 heterocycles. The fourth-order valence-corrected chi connectivity index (χ4v) is 8.06. The van der Waals surface area contributed by atoms with Gasteiger partial charge in [-0.05, 0) is 55.7 Å². The van der Waals surface area contributed by atoms with Gasteiger partial charge in [0.25, 0.3) is 5.91 Å². The SMILES string of the molecule is CCOC(=O)c1c(NC(=O)c2ccc(S(=O)(=O)N3CCN(C(=O)OCC)CC3)cc2)sc2c1CCN(Cc1ccccc1)C2. The maximum absolute atomic E-state index is 13.3. The van der Waals surface area contributed by atoms with Gasteiger partial charge >= 0.3 is 12.1 Å². The molecule has 0 aliphatic carbocycles. The average Bonchev–Trinajstić information content (AvgIpc) is 3.39. The molecule has 0 spiro atoms. The third kappa shape index (κ3) is 6.96. The van der Waals surface area contributed by atoms with Crippen molar-refractivity contribution in [2.75, 3.05) is 51.3 Å². The number of amides is 2. The Hall–Kier alpha value is -3.78. The molecule has 2 amide bonds. The number of hydrogen-bond acceptors (Lipinski definition) is 9. The Labute approximate surface area is 261 Å². The molecule has 0 saturated carbocycles. The van der Waals surface area contributed by atoms with Crippen molar-refractivity contribution in [3.05, 3.63) is 81.7 Å².